The van der Waals surface area contributed by atoms with Crippen molar-refractivity contribution in [2.24, 2.45) is 0 Å². The molecule has 0 aliphatic rings. The van der Waals surface area contributed by atoms with Gasteiger partial charge in [-0.2, -0.15) is 13.2 Å². The Morgan fingerprint density at radius 3 is 2.50 bits per heavy atom. The van der Waals surface area contributed by atoms with Crippen LogP contribution < -0.4 is 5.32 Å². The van der Waals surface area contributed by atoms with E-state index in [1.54, 1.807) is 30.3 Å². The molecule has 2 aromatic carbocycles. The average Bonchev–Trinajstić information content (AvgIpc) is 2.48. The molecule has 1 aromatic heterocycles. The van der Waals surface area contributed by atoms with Gasteiger partial charge in [-0.25, -0.2) is 0 Å². The highest BCUT2D eigenvalue weighted by Crippen LogP contribution is 2.41. The van der Waals surface area contributed by atoms with Gasteiger partial charge in [-0.3, -0.25) is 4.98 Å². The monoisotopic (exact) mass is 304 g/mol. The average molecular weight is 304 g/mol. The topological polar surface area (TPSA) is 45.1 Å². The van der Waals surface area contributed by atoms with E-state index < -0.39 is 17.5 Å². The summed E-state index contributed by atoms with van der Waals surface area (Å²) in [4.78, 5) is 4.15. The molecule has 0 saturated heterocycles. The maximum atomic E-state index is 13.1. The minimum Gasteiger partial charge on any atom is -0.506 e. The Morgan fingerprint density at radius 1 is 0.955 bits per heavy atom. The molecule has 112 valence electrons. The summed E-state index contributed by atoms with van der Waals surface area (Å²) in [6, 6.07) is 11.9. The molecule has 3 rings (SSSR count). The Bertz CT molecular complexity index is 826. The first-order valence-corrected chi connectivity index (χ1v) is 6.47. The zero-order valence-electron chi connectivity index (χ0n) is 11.2. The second kappa shape index (κ2) is 5.22. The van der Waals surface area contributed by atoms with Gasteiger partial charge < -0.3 is 10.4 Å². The maximum Gasteiger partial charge on any atom is 0.418 e. The Hall–Kier alpha value is -2.76. The summed E-state index contributed by atoms with van der Waals surface area (Å²) in [7, 11) is 0. The highest BCUT2D eigenvalue weighted by atomic mass is 19.4. The molecule has 0 amide bonds. The minimum absolute atomic E-state index is 0.369. The highest BCUT2D eigenvalue weighted by Gasteiger charge is 2.34. The standard InChI is InChI=1S/C16H11F3N2O/c17-16(18,19)11-5-3-7-14(22)15(11)21-13-8-9-20-12-6-2-1-4-10(12)13/h1-9,22H,(H,20,21). The van der Waals surface area contributed by atoms with Gasteiger partial charge in [0.25, 0.3) is 0 Å². The lowest BCUT2D eigenvalue weighted by Gasteiger charge is -2.16. The molecule has 0 bridgehead atoms. The van der Waals surface area contributed by atoms with Gasteiger partial charge >= 0.3 is 6.18 Å². The van der Waals surface area contributed by atoms with Crippen LogP contribution in [0.15, 0.2) is 54.7 Å². The Balaban J connectivity index is 2.14. The molecular weight excluding hydrogens is 293 g/mol. The fourth-order valence-electron chi connectivity index (χ4n) is 2.25. The van der Waals surface area contributed by atoms with Crippen LogP contribution in [0.25, 0.3) is 10.9 Å². The van der Waals surface area contributed by atoms with E-state index in [1.807, 2.05) is 0 Å². The fourth-order valence-corrected chi connectivity index (χ4v) is 2.25. The van der Waals surface area contributed by atoms with Crippen LogP contribution >= 0.6 is 0 Å². The van der Waals surface area contributed by atoms with Crippen molar-refractivity contribution in [1.29, 1.82) is 0 Å². The smallest absolute Gasteiger partial charge is 0.418 e. The van der Waals surface area contributed by atoms with Gasteiger partial charge in [0.1, 0.15) is 5.75 Å². The molecule has 3 nitrogen and oxygen atoms in total. The lowest BCUT2D eigenvalue weighted by atomic mass is 10.1. The first kappa shape index (κ1) is 14.2. The number of rotatable bonds is 2. The van der Waals surface area contributed by atoms with Gasteiger partial charge in [0.2, 0.25) is 0 Å². The van der Waals surface area contributed by atoms with Crippen LogP contribution in [0, 0.1) is 0 Å². The van der Waals surface area contributed by atoms with Crippen molar-refractivity contribution in [2.45, 2.75) is 6.18 Å². The van der Waals surface area contributed by atoms with E-state index in [0.29, 0.717) is 16.6 Å². The first-order chi connectivity index (χ1) is 10.5. The number of fused-ring (bicyclic) bond motifs is 1. The van der Waals surface area contributed by atoms with Gasteiger partial charge in [-0.1, -0.05) is 24.3 Å². The number of nitrogens with one attached hydrogen (secondary N) is 1. The van der Waals surface area contributed by atoms with E-state index in [-0.39, 0.29) is 5.69 Å². The third-order valence-corrected chi connectivity index (χ3v) is 3.26. The molecular formula is C16H11F3N2O. The van der Waals surface area contributed by atoms with Gasteiger partial charge in [0, 0.05) is 17.3 Å². The molecule has 0 unspecified atom stereocenters. The van der Waals surface area contributed by atoms with Gasteiger partial charge in [0.05, 0.1) is 16.8 Å². The number of pyridine rings is 1. The molecule has 3 aromatic rings. The predicted molar refractivity (Wildman–Crippen MR) is 78.1 cm³/mol. The molecule has 1 heterocycles. The van der Waals surface area contributed by atoms with Gasteiger partial charge in [0.15, 0.2) is 0 Å². The quantitative estimate of drug-likeness (QED) is 0.674. The molecule has 0 saturated carbocycles. The van der Waals surface area contributed by atoms with Crippen molar-refractivity contribution < 1.29 is 18.3 Å². The van der Waals surface area contributed by atoms with E-state index in [4.69, 9.17) is 0 Å². The summed E-state index contributed by atoms with van der Waals surface area (Å²) in [6.07, 6.45) is -3.07. The number of phenols is 1. The van der Waals surface area contributed by atoms with E-state index in [1.165, 1.54) is 12.3 Å². The lowest BCUT2D eigenvalue weighted by Crippen LogP contribution is -2.09. The van der Waals surface area contributed by atoms with Crippen LogP contribution in [0.2, 0.25) is 0 Å². The summed E-state index contributed by atoms with van der Waals surface area (Å²) in [5, 5.41) is 13.2. The van der Waals surface area contributed by atoms with Crippen molar-refractivity contribution >= 4 is 22.3 Å². The van der Waals surface area contributed by atoms with Crippen molar-refractivity contribution in [2.75, 3.05) is 5.32 Å². The highest BCUT2D eigenvalue weighted by molar-refractivity contribution is 5.93. The number of hydrogen-bond donors (Lipinski definition) is 2. The number of alkyl halides is 3. The number of anilines is 2. The molecule has 6 heteroatoms. The molecule has 22 heavy (non-hydrogen) atoms. The molecule has 0 aliphatic heterocycles. The Labute approximate surface area is 124 Å². The van der Waals surface area contributed by atoms with E-state index >= 15 is 0 Å². The zero-order chi connectivity index (χ0) is 15.7. The molecule has 0 aliphatic carbocycles. The maximum absolute atomic E-state index is 13.1. The number of nitrogens with zero attached hydrogens (tertiary/aromatic N) is 1. The number of aromatic nitrogens is 1. The number of benzene rings is 2. The zero-order valence-corrected chi connectivity index (χ0v) is 11.2. The lowest BCUT2D eigenvalue weighted by molar-refractivity contribution is -0.137. The number of para-hydroxylation sites is 2. The Kier molecular flexibility index (Phi) is 3.36. The largest absolute Gasteiger partial charge is 0.506 e. The van der Waals surface area contributed by atoms with Gasteiger partial charge in [-0.15, -0.1) is 0 Å². The van der Waals surface area contributed by atoms with Crippen molar-refractivity contribution in [3.8, 4) is 5.75 Å². The SMILES string of the molecule is Oc1cccc(C(F)(F)F)c1Nc1ccnc2ccccc12. The van der Waals surface area contributed by atoms with E-state index in [2.05, 4.69) is 10.3 Å². The van der Waals surface area contributed by atoms with Crippen LogP contribution in [0.3, 0.4) is 0 Å². The molecule has 0 spiro atoms. The fraction of sp³-hybridized carbons (Fsp3) is 0.0625. The minimum atomic E-state index is -4.57. The van der Waals surface area contributed by atoms with E-state index in [9.17, 15) is 18.3 Å². The second-order valence-electron chi connectivity index (χ2n) is 4.70. The number of phenolic OH excluding ortho intramolecular Hbond substituents is 1. The molecule has 0 radical (unpaired) electrons. The van der Waals surface area contributed by atoms with Crippen molar-refractivity contribution in [3.63, 3.8) is 0 Å². The predicted octanol–water partition coefficient (Wildman–Crippen LogP) is 4.70. The van der Waals surface area contributed by atoms with Crippen LogP contribution in [0.4, 0.5) is 24.5 Å². The molecule has 0 atom stereocenters. The number of aromatic hydroxyl groups is 1. The van der Waals surface area contributed by atoms with Crippen LogP contribution in [0.5, 0.6) is 5.75 Å². The molecule has 0 fully saturated rings. The molecule has 2 N–H and O–H groups in total. The first-order valence-electron chi connectivity index (χ1n) is 6.47. The third-order valence-electron chi connectivity index (χ3n) is 3.26. The van der Waals surface area contributed by atoms with E-state index in [0.717, 1.165) is 12.1 Å². The number of halogens is 3. The van der Waals surface area contributed by atoms with Crippen LogP contribution in [-0.4, -0.2) is 10.1 Å². The summed E-state index contributed by atoms with van der Waals surface area (Å²) in [5.74, 6) is -0.462. The normalized spacial score (nSPS) is 11.6. The number of hydrogen-bond acceptors (Lipinski definition) is 3. The summed E-state index contributed by atoms with van der Waals surface area (Å²) in [5.41, 5.74) is -0.200. The second-order valence-corrected chi connectivity index (χ2v) is 4.70. The summed E-state index contributed by atoms with van der Waals surface area (Å²) >= 11 is 0. The summed E-state index contributed by atoms with van der Waals surface area (Å²) < 4.78 is 39.2. The van der Waals surface area contributed by atoms with Crippen LogP contribution in [-0.2, 0) is 6.18 Å². The van der Waals surface area contributed by atoms with Crippen molar-refractivity contribution in [1.82, 2.24) is 4.98 Å². The summed E-state index contributed by atoms with van der Waals surface area (Å²) in [6.45, 7) is 0. The van der Waals surface area contributed by atoms with Crippen molar-refractivity contribution in [3.05, 3.63) is 60.3 Å². The Morgan fingerprint density at radius 2 is 1.73 bits per heavy atom. The van der Waals surface area contributed by atoms with Gasteiger partial charge in [-0.05, 0) is 24.3 Å². The third kappa shape index (κ3) is 2.55. The van der Waals surface area contributed by atoms with Crippen LogP contribution in [0.1, 0.15) is 5.56 Å².